The summed E-state index contributed by atoms with van der Waals surface area (Å²) in [5, 5.41) is 17.9. The summed E-state index contributed by atoms with van der Waals surface area (Å²) in [5.74, 6) is 0.175. The summed E-state index contributed by atoms with van der Waals surface area (Å²) >= 11 is 0. The molecule has 0 saturated carbocycles. The molecule has 1 fully saturated rings. The second-order valence-corrected chi connectivity index (χ2v) is 8.64. The number of nitro groups is 1. The number of nitrogens with one attached hydrogen (secondary N) is 2. The highest BCUT2D eigenvalue weighted by Crippen LogP contribution is 2.38. The fraction of sp³-hybridized carbons (Fsp3) is 0.625. The Hall–Kier alpha value is -1.87. The molecule has 0 spiro atoms. The van der Waals surface area contributed by atoms with Gasteiger partial charge < -0.3 is 10.6 Å². The van der Waals surface area contributed by atoms with Crippen LogP contribution in [0.1, 0.15) is 31.7 Å². The molecular weight excluding hydrogens is 344 g/mol. The summed E-state index contributed by atoms with van der Waals surface area (Å²) in [6.07, 6.45) is 2.66. The highest BCUT2D eigenvalue weighted by molar-refractivity contribution is 7.89. The summed E-state index contributed by atoms with van der Waals surface area (Å²) in [6.45, 7) is 3.55. The van der Waals surface area contributed by atoms with Crippen LogP contribution < -0.4 is 10.6 Å². The molecule has 2 aliphatic rings. The molecule has 1 aromatic rings. The normalized spacial score (nSPS) is 18.6. The number of nitrogens with zero attached hydrogens (tertiary/aromatic N) is 2. The Kier molecular flexibility index (Phi) is 5.14. The van der Waals surface area contributed by atoms with Gasteiger partial charge in [0.1, 0.15) is 5.69 Å². The zero-order valence-electron chi connectivity index (χ0n) is 14.3. The molecular formula is C16H24N4O4S. The van der Waals surface area contributed by atoms with Crippen molar-refractivity contribution in [1.82, 2.24) is 4.31 Å². The molecule has 0 aromatic heterocycles. The quantitative estimate of drug-likeness (QED) is 0.589. The number of fused-ring (bicyclic) bond motifs is 1. The number of nitro benzene ring substituents is 1. The first-order valence-electron chi connectivity index (χ1n) is 8.71. The second kappa shape index (κ2) is 7.17. The lowest BCUT2D eigenvalue weighted by Gasteiger charge is -2.32. The first kappa shape index (κ1) is 17.9. The van der Waals surface area contributed by atoms with Crippen molar-refractivity contribution in [1.29, 1.82) is 0 Å². The Bertz CT molecular complexity index is 758. The summed E-state index contributed by atoms with van der Waals surface area (Å²) in [7, 11) is -3.17. The van der Waals surface area contributed by atoms with E-state index in [2.05, 4.69) is 10.6 Å². The molecule has 2 aliphatic heterocycles. The molecule has 138 valence electrons. The van der Waals surface area contributed by atoms with Gasteiger partial charge in [0.05, 0.1) is 10.7 Å². The van der Waals surface area contributed by atoms with E-state index in [9.17, 15) is 18.5 Å². The standard InChI is InChI=1S/C16H24N4O4S/c1-2-11-25(23,24)19-9-6-12(7-10-19)18-16-13-5-8-17-14(13)3-4-15(16)20(21)22/h3-4,12,17-18H,2,5-11H2,1H3. The highest BCUT2D eigenvalue weighted by atomic mass is 32.2. The monoisotopic (exact) mass is 368 g/mol. The molecule has 0 unspecified atom stereocenters. The van der Waals surface area contributed by atoms with Crippen molar-refractivity contribution in [2.45, 2.75) is 38.6 Å². The third-order valence-corrected chi connectivity index (χ3v) is 6.91. The van der Waals surface area contributed by atoms with Crippen LogP contribution in [0.15, 0.2) is 12.1 Å². The van der Waals surface area contributed by atoms with Gasteiger partial charge in [-0.05, 0) is 31.7 Å². The smallest absolute Gasteiger partial charge is 0.292 e. The van der Waals surface area contributed by atoms with E-state index >= 15 is 0 Å². The lowest BCUT2D eigenvalue weighted by Crippen LogP contribution is -2.43. The topological polar surface area (TPSA) is 105 Å². The van der Waals surface area contributed by atoms with Crippen LogP contribution in [0.3, 0.4) is 0 Å². The van der Waals surface area contributed by atoms with E-state index in [0.717, 1.165) is 24.2 Å². The molecule has 9 heteroatoms. The number of anilines is 2. The number of hydrogen-bond acceptors (Lipinski definition) is 6. The average Bonchev–Trinajstić information content (AvgIpc) is 3.04. The van der Waals surface area contributed by atoms with Crippen LogP contribution in [0.5, 0.6) is 0 Å². The van der Waals surface area contributed by atoms with Crippen molar-refractivity contribution >= 4 is 27.1 Å². The van der Waals surface area contributed by atoms with Gasteiger partial charge in [-0.15, -0.1) is 0 Å². The largest absolute Gasteiger partial charge is 0.384 e. The van der Waals surface area contributed by atoms with Crippen molar-refractivity contribution in [2.24, 2.45) is 0 Å². The van der Waals surface area contributed by atoms with Gasteiger partial charge in [-0.25, -0.2) is 12.7 Å². The number of rotatable bonds is 6. The SMILES string of the molecule is CCCS(=O)(=O)N1CCC(Nc2c([N+](=O)[O-])ccc3c2CCN3)CC1. The van der Waals surface area contributed by atoms with Gasteiger partial charge in [0, 0.05) is 43.0 Å². The maximum absolute atomic E-state index is 12.2. The zero-order valence-corrected chi connectivity index (χ0v) is 15.1. The Morgan fingerprint density at radius 3 is 2.72 bits per heavy atom. The molecule has 0 radical (unpaired) electrons. The third-order valence-electron chi connectivity index (χ3n) is 4.84. The predicted molar refractivity (Wildman–Crippen MR) is 97.6 cm³/mol. The molecule has 8 nitrogen and oxygen atoms in total. The minimum Gasteiger partial charge on any atom is -0.384 e. The van der Waals surface area contributed by atoms with Crippen LogP contribution in [0, 0.1) is 10.1 Å². The molecule has 3 rings (SSSR count). The van der Waals surface area contributed by atoms with Crippen LogP contribution in [0.25, 0.3) is 0 Å². The maximum Gasteiger partial charge on any atom is 0.292 e. The molecule has 25 heavy (non-hydrogen) atoms. The predicted octanol–water partition coefficient (Wildman–Crippen LogP) is 2.18. The van der Waals surface area contributed by atoms with Gasteiger partial charge in [-0.3, -0.25) is 10.1 Å². The molecule has 1 aromatic carbocycles. The van der Waals surface area contributed by atoms with Gasteiger partial charge in [-0.2, -0.15) is 0 Å². The number of hydrogen-bond donors (Lipinski definition) is 2. The molecule has 0 aliphatic carbocycles. The summed E-state index contributed by atoms with van der Waals surface area (Å²) in [4.78, 5) is 11.0. The van der Waals surface area contributed by atoms with Gasteiger partial charge in [0.25, 0.3) is 5.69 Å². The Balaban J connectivity index is 1.73. The van der Waals surface area contributed by atoms with Crippen LogP contribution in [-0.4, -0.2) is 49.1 Å². The van der Waals surface area contributed by atoms with E-state index in [4.69, 9.17) is 0 Å². The summed E-state index contributed by atoms with van der Waals surface area (Å²) in [6, 6.07) is 3.32. The summed E-state index contributed by atoms with van der Waals surface area (Å²) in [5.41, 5.74) is 2.57. The van der Waals surface area contributed by atoms with Crippen LogP contribution in [0.2, 0.25) is 0 Å². The van der Waals surface area contributed by atoms with Crippen molar-refractivity contribution in [3.8, 4) is 0 Å². The van der Waals surface area contributed by atoms with Gasteiger partial charge in [-0.1, -0.05) is 6.92 Å². The number of sulfonamides is 1. The van der Waals surface area contributed by atoms with E-state index in [0.29, 0.717) is 38.0 Å². The van der Waals surface area contributed by atoms with Gasteiger partial charge in [0.2, 0.25) is 10.0 Å². The molecule has 0 bridgehead atoms. The number of benzene rings is 1. The zero-order chi connectivity index (χ0) is 18.0. The molecule has 0 atom stereocenters. The highest BCUT2D eigenvalue weighted by Gasteiger charge is 2.30. The minimum atomic E-state index is -3.17. The first-order chi connectivity index (χ1) is 11.9. The Morgan fingerprint density at radius 1 is 1.36 bits per heavy atom. The van der Waals surface area contributed by atoms with E-state index in [-0.39, 0.29) is 22.4 Å². The van der Waals surface area contributed by atoms with E-state index in [1.807, 2.05) is 6.92 Å². The second-order valence-electron chi connectivity index (χ2n) is 6.55. The van der Waals surface area contributed by atoms with Crippen molar-refractivity contribution < 1.29 is 13.3 Å². The third kappa shape index (κ3) is 3.72. The molecule has 2 heterocycles. The van der Waals surface area contributed by atoms with E-state index in [1.165, 1.54) is 6.07 Å². The first-order valence-corrected chi connectivity index (χ1v) is 10.3. The van der Waals surface area contributed by atoms with Crippen molar-refractivity contribution in [3.63, 3.8) is 0 Å². The lowest BCUT2D eigenvalue weighted by molar-refractivity contribution is -0.384. The van der Waals surface area contributed by atoms with Crippen LogP contribution >= 0.6 is 0 Å². The fourth-order valence-corrected chi connectivity index (χ4v) is 5.11. The van der Waals surface area contributed by atoms with Crippen molar-refractivity contribution in [3.05, 3.63) is 27.8 Å². The maximum atomic E-state index is 12.2. The number of piperidine rings is 1. The Labute approximate surface area is 147 Å². The van der Waals surface area contributed by atoms with E-state index < -0.39 is 10.0 Å². The van der Waals surface area contributed by atoms with Crippen molar-refractivity contribution in [2.75, 3.05) is 36.0 Å². The average molecular weight is 368 g/mol. The summed E-state index contributed by atoms with van der Waals surface area (Å²) < 4.78 is 25.9. The molecule has 2 N–H and O–H groups in total. The van der Waals surface area contributed by atoms with E-state index in [1.54, 1.807) is 10.4 Å². The lowest BCUT2D eigenvalue weighted by atomic mass is 10.0. The fourth-order valence-electron chi connectivity index (χ4n) is 3.57. The molecule has 1 saturated heterocycles. The van der Waals surface area contributed by atoms with Gasteiger partial charge in [0.15, 0.2) is 0 Å². The molecule has 0 amide bonds. The van der Waals surface area contributed by atoms with Crippen LogP contribution in [0.4, 0.5) is 17.1 Å². The van der Waals surface area contributed by atoms with Gasteiger partial charge >= 0.3 is 0 Å². The minimum absolute atomic E-state index is 0.0406. The Morgan fingerprint density at radius 2 is 2.08 bits per heavy atom. The van der Waals surface area contributed by atoms with Crippen LogP contribution in [-0.2, 0) is 16.4 Å².